The van der Waals surface area contributed by atoms with Gasteiger partial charge < -0.3 is 14.8 Å². The lowest BCUT2D eigenvalue weighted by molar-refractivity contribution is -0.384. The first-order chi connectivity index (χ1) is 8.58. The Balaban J connectivity index is 2.85. The molecule has 1 aromatic carbocycles. The highest BCUT2D eigenvalue weighted by Crippen LogP contribution is 2.24. The van der Waals surface area contributed by atoms with Gasteiger partial charge in [0, 0.05) is 31.4 Å². The molecule has 0 spiro atoms. The molecule has 1 atom stereocenters. The maximum absolute atomic E-state index is 10.7. The van der Waals surface area contributed by atoms with Crippen molar-refractivity contribution >= 4 is 5.69 Å². The van der Waals surface area contributed by atoms with E-state index in [1.807, 2.05) is 6.92 Å². The summed E-state index contributed by atoms with van der Waals surface area (Å²) in [7, 11) is 3.39. The van der Waals surface area contributed by atoms with Gasteiger partial charge in [-0.05, 0) is 20.0 Å². The van der Waals surface area contributed by atoms with Gasteiger partial charge in [-0.3, -0.25) is 10.1 Å². The molecule has 0 bridgehead atoms. The predicted octanol–water partition coefficient (Wildman–Crippen LogP) is 1.73. The first kappa shape index (κ1) is 14.4. The molecule has 0 saturated heterocycles. The molecule has 0 aliphatic heterocycles. The lowest BCUT2D eigenvalue weighted by atomic mass is 10.1. The Morgan fingerprint density at radius 1 is 1.50 bits per heavy atom. The van der Waals surface area contributed by atoms with Crippen LogP contribution in [-0.4, -0.2) is 31.8 Å². The van der Waals surface area contributed by atoms with Gasteiger partial charge in [0.05, 0.1) is 11.0 Å². The molecule has 0 aliphatic rings. The van der Waals surface area contributed by atoms with Crippen molar-refractivity contribution in [1.82, 2.24) is 5.32 Å². The zero-order chi connectivity index (χ0) is 13.5. The van der Waals surface area contributed by atoms with E-state index in [1.54, 1.807) is 20.2 Å². The number of methoxy groups -OCH3 is 1. The number of nitro groups is 1. The number of hydrogen-bond donors (Lipinski definition) is 1. The maximum atomic E-state index is 10.7. The first-order valence-electron chi connectivity index (χ1n) is 5.66. The summed E-state index contributed by atoms with van der Waals surface area (Å²) in [4.78, 5) is 10.3. The fourth-order valence-electron chi connectivity index (χ4n) is 1.42. The number of ether oxygens (including phenoxy) is 2. The van der Waals surface area contributed by atoms with Crippen molar-refractivity contribution in [3.05, 3.63) is 33.9 Å². The fourth-order valence-corrected chi connectivity index (χ4v) is 1.42. The standard InChI is InChI=1S/C12H18N2O4/c1-9(17-3)8-18-12-5-4-11(14(15)16)6-10(12)7-13-2/h4-6,9,13H,7-8H2,1-3H3. The Morgan fingerprint density at radius 2 is 2.22 bits per heavy atom. The van der Waals surface area contributed by atoms with Crippen molar-refractivity contribution in [3.8, 4) is 5.75 Å². The van der Waals surface area contributed by atoms with E-state index in [-0.39, 0.29) is 11.8 Å². The van der Waals surface area contributed by atoms with E-state index in [0.717, 1.165) is 5.56 Å². The van der Waals surface area contributed by atoms with E-state index < -0.39 is 4.92 Å². The summed E-state index contributed by atoms with van der Waals surface area (Å²) in [6.45, 7) is 2.81. The third kappa shape index (κ3) is 3.97. The van der Waals surface area contributed by atoms with E-state index >= 15 is 0 Å². The van der Waals surface area contributed by atoms with E-state index in [9.17, 15) is 10.1 Å². The molecule has 0 radical (unpaired) electrons. The van der Waals surface area contributed by atoms with Crippen LogP contribution in [0.5, 0.6) is 5.75 Å². The molecule has 1 unspecified atom stereocenters. The zero-order valence-electron chi connectivity index (χ0n) is 10.8. The van der Waals surface area contributed by atoms with Gasteiger partial charge in [-0.15, -0.1) is 0 Å². The highest BCUT2D eigenvalue weighted by molar-refractivity contribution is 5.43. The molecule has 1 N–H and O–H groups in total. The number of nitro benzene ring substituents is 1. The number of hydrogen-bond acceptors (Lipinski definition) is 5. The van der Waals surface area contributed by atoms with E-state index in [0.29, 0.717) is 18.9 Å². The van der Waals surface area contributed by atoms with Gasteiger partial charge in [0.2, 0.25) is 0 Å². The van der Waals surface area contributed by atoms with Gasteiger partial charge in [-0.1, -0.05) is 0 Å². The molecular formula is C12H18N2O4. The van der Waals surface area contributed by atoms with Crippen LogP contribution in [0.15, 0.2) is 18.2 Å². The molecule has 0 aliphatic carbocycles. The number of benzene rings is 1. The molecule has 1 aromatic rings. The first-order valence-corrected chi connectivity index (χ1v) is 5.66. The quantitative estimate of drug-likeness (QED) is 0.592. The van der Waals surface area contributed by atoms with Gasteiger partial charge in [0.1, 0.15) is 12.4 Å². The van der Waals surface area contributed by atoms with Crippen LogP contribution < -0.4 is 10.1 Å². The molecule has 0 fully saturated rings. The van der Waals surface area contributed by atoms with Crippen molar-refractivity contribution in [3.63, 3.8) is 0 Å². The van der Waals surface area contributed by atoms with Crippen molar-refractivity contribution in [2.75, 3.05) is 20.8 Å². The number of non-ortho nitro benzene ring substituents is 1. The molecule has 100 valence electrons. The molecule has 0 amide bonds. The minimum Gasteiger partial charge on any atom is -0.491 e. The second-order valence-electron chi connectivity index (χ2n) is 3.94. The van der Waals surface area contributed by atoms with Gasteiger partial charge in [-0.2, -0.15) is 0 Å². The normalized spacial score (nSPS) is 12.2. The lowest BCUT2D eigenvalue weighted by Crippen LogP contribution is -2.17. The smallest absolute Gasteiger partial charge is 0.270 e. The summed E-state index contributed by atoms with van der Waals surface area (Å²) in [6.07, 6.45) is -0.0253. The summed E-state index contributed by atoms with van der Waals surface area (Å²) in [5, 5.41) is 13.7. The second kappa shape index (κ2) is 6.93. The number of nitrogens with zero attached hydrogens (tertiary/aromatic N) is 1. The highest BCUT2D eigenvalue weighted by Gasteiger charge is 2.12. The molecular weight excluding hydrogens is 236 g/mol. The molecule has 6 heteroatoms. The Morgan fingerprint density at radius 3 is 2.78 bits per heavy atom. The van der Waals surface area contributed by atoms with Crippen LogP contribution in [0.3, 0.4) is 0 Å². The van der Waals surface area contributed by atoms with Gasteiger partial charge >= 0.3 is 0 Å². The van der Waals surface area contributed by atoms with Crippen LogP contribution in [-0.2, 0) is 11.3 Å². The van der Waals surface area contributed by atoms with Crippen molar-refractivity contribution in [1.29, 1.82) is 0 Å². The van der Waals surface area contributed by atoms with Crippen LogP contribution >= 0.6 is 0 Å². The summed E-state index contributed by atoms with van der Waals surface area (Å²) < 4.78 is 10.7. The Bertz CT molecular complexity index is 409. The van der Waals surface area contributed by atoms with Crippen molar-refractivity contribution in [2.45, 2.75) is 19.6 Å². The van der Waals surface area contributed by atoms with Crippen LogP contribution in [0.4, 0.5) is 5.69 Å². The average molecular weight is 254 g/mol. The molecule has 0 saturated carbocycles. The lowest BCUT2D eigenvalue weighted by Gasteiger charge is -2.14. The Labute approximate surface area is 106 Å². The van der Waals surface area contributed by atoms with Crippen molar-refractivity contribution in [2.24, 2.45) is 0 Å². The average Bonchev–Trinajstić information content (AvgIpc) is 2.36. The Kier molecular flexibility index (Phi) is 5.54. The number of nitrogens with one attached hydrogen (secondary N) is 1. The molecule has 0 aromatic heterocycles. The van der Waals surface area contributed by atoms with E-state index in [4.69, 9.17) is 9.47 Å². The minimum atomic E-state index is -0.416. The summed E-state index contributed by atoms with van der Waals surface area (Å²) >= 11 is 0. The molecule has 0 heterocycles. The van der Waals surface area contributed by atoms with Gasteiger partial charge in [0.25, 0.3) is 5.69 Å². The van der Waals surface area contributed by atoms with Crippen LogP contribution in [0.25, 0.3) is 0 Å². The number of rotatable bonds is 7. The zero-order valence-corrected chi connectivity index (χ0v) is 10.8. The topological polar surface area (TPSA) is 73.6 Å². The van der Waals surface area contributed by atoms with Gasteiger partial charge in [0.15, 0.2) is 0 Å². The van der Waals surface area contributed by atoms with E-state index in [2.05, 4.69) is 5.32 Å². The summed E-state index contributed by atoms with van der Waals surface area (Å²) in [5.41, 5.74) is 0.822. The minimum absolute atomic E-state index is 0.0253. The van der Waals surface area contributed by atoms with Crippen LogP contribution in [0.1, 0.15) is 12.5 Å². The van der Waals surface area contributed by atoms with Crippen LogP contribution in [0, 0.1) is 10.1 Å². The highest BCUT2D eigenvalue weighted by atomic mass is 16.6. The fraction of sp³-hybridized carbons (Fsp3) is 0.500. The monoisotopic (exact) mass is 254 g/mol. The molecule has 1 rings (SSSR count). The third-order valence-corrected chi connectivity index (χ3v) is 2.50. The summed E-state index contributed by atoms with van der Waals surface area (Å²) in [6, 6.07) is 4.57. The largest absolute Gasteiger partial charge is 0.491 e. The SMILES string of the molecule is CNCc1cc([N+](=O)[O-])ccc1OCC(C)OC. The third-order valence-electron chi connectivity index (χ3n) is 2.50. The van der Waals surface area contributed by atoms with Crippen LogP contribution in [0.2, 0.25) is 0 Å². The molecule has 6 nitrogen and oxygen atoms in total. The second-order valence-corrected chi connectivity index (χ2v) is 3.94. The predicted molar refractivity (Wildman–Crippen MR) is 67.8 cm³/mol. The Hall–Kier alpha value is -1.66. The summed E-state index contributed by atoms with van der Waals surface area (Å²) in [5.74, 6) is 0.638. The van der Waals surface area contributed by atoms with Gasteiger partial charge in [-0.25, -0.2) is 0 Å². The molecule has 18 heavy (non-hydrogen) atoms. The van der Waals surface area contributed by atoms with Crippen molar-refractivity contribution < 1.29 is 14.4 Å². The van der Waals surface area contributed by atoms with E-state index in [1.165, 1.54) is 12.1 Å². The maximum Gasteiger partial charge on any atom is 0.270 e.